The number of nitrogens with zero attached hydrogens (tertiary/aromatic N) is 3. The fourth-order valence-electron chi connectivity index (χ4n) is 3.14. The second-order valence-corrected chi connectivity index (χ2v) is 8.80. The lowest BCUT2D eigenvalue weighted by Crippen LogP contribution is -2.71. The van der Waals surface area contributed by atoms with Crippen LogP contribution in [0.25, 0.3) is 0 Å². The summed E-state index contributed by atoms with van der Waals surface area (Å²) in [7, 11) is 1.52. The van der Waals surface area contributed by atoms with E-state index in [-0.39, 0.29) is 24.6 Å². The Morgan fingerprint density at radius 1 is 1.44 bits per heavy atom. The SMILES string of the molecule is COCN1C(NC2C(=O)N3C(C(=O)OC(C)(C)C)=C(C)CS[C@@H]23)=NCC1O. The van der Waals surface area contributed by atoms with E-state index in [1.165, 1.54) is 12.0 Å². The lowest BCUT2D eigenvalue weighted by molar-refractivity contribution is -0.158. The summed E-state index contributed by atoms with van der Waals surface area (Å²) in [6.45, 7) is 7.62. The molecule has 27 heavy (non-hydrogen) atoms. The number of fused-ring (bicyclic) bond motifs is 1. The van der Waals surface area contributed by atoms with Crippen LogP contribution in [0.15, 0.2) is 16.3 Å². The van der Waals surface area contributed by atoms with Crippen molar-refractivity contribution in [2.24, 2.45) is 4.99 Å². The molecule has 1 saturated heterocycles. The molecule has 0 radical (unpaired) electrons. The number of esters is 1. The monoisotopic (exact) mass is 398 g/mol. The number of β-lactam (4-membered cyclic amide) rings is 1. The van der Waals surface area contributed by atoms with E-state index in [0.29, 0.717) is 17.4 Å². The largest absolute Gasteiger partial charge is 0.455 e. The van der Waals surface area contributed by atoms with E-state index in [1.54, 1.807) is 37.4 Å². The lowest BCUT2D eigenvalue weighted by atomic mass is 10.0. The van der Waals surface area contributed by atoms with E-state index >= 15 is 0 Å². The summed E-state index contributed by atoms with van der Waals surface area (Å²) in [5.41, 5.74) is 0.525. The van der Waals surface area contributed by atoms with Crippen molar-refractivity contribution in [3.63, 3.8) is 0 Å². The number of amides is 1. The van der Waals surface area contributed by atoms with Crippen LogP contribution < -0.4 is 5.32 Å². The molecule has 1 amide bonds. The van der Waals surface area contributed by atoms with Crippen molar-refractivity contribution in [2.75, 3.05) is 26.1 Å². The molecule has 0 aromatic heterocycles. The predicted octanol–water partition coefficient (Wildman–Crippen LogP) is 0.0693. The molecule has 3 heterocycles. The molecule has 0 spiro atoms. The molecule has 3 aliphatic heterocycles. The maximum Gasteiger partial charge on any atom is 0.355 e. The van der Waals surface area contributed by atoms with Gasteiger partial charge >= 0.3 is 5.97 Å². The standard InChI is InChI=1S/C17H26N4O5S/c1-9-7-27-14-11(19-16-18-6-10(22)20(16)8-25-5)13(23)21(14)12(9)15(24)26-17(2,3)4/h10-11,14,22H,6-8H2,1-5H3,(H,18,19)/t10?,11?,14-/m0/s1. The van der Waals surface area contributed by atoms with Crippen molar-refractivity contribution in [2.45, 2.75) is 50.9 Å². The third-order valence-electron chi connectivity index (χ3n) is 4.34. The first-order valence-corrected chi connectivity index (χ1v) is 9.81. The predicted molar refractivity (Wildman–Crippen MR) is 101 cm³/mol. The van der Waals surface area contributed by atoms with Crippen molar-refractivity contribution in [1.29, 1.82) is 0 Å². The Hall–Kier alpha value is -1.78. The first-order chi connectivity index (χ1) is 12.6. The summed E-state index contributed by atoms with van der Waals surface area (Å²) in [6, 6.07) is -0.524. The number of carbonyl (C=O) groups is 2. The average Bonchev–Trinajstić information content (AvgIpc) is 2.91. The molecule has 0 aromatic carbocycles. The number of rotatable bonds is 4. The maximum absolute atomic E-state index is 12.8. The van der Waals surface area contributed by atoms with E-state index in [0.717, 1.165) is 5.57 Å². The van der Waals surface area contributed by atoms with Gasteiger partial charge in [-0.2, -0.15) is 0 Å². The van der Waals surface area contributed by atoms with E-state index in [4.69, 9.17) is 9.47 Å². The molecule has 150 valence electrons. The first-order valence-electron chi connectivity index (χ1n) is 8.76. The zero-order valence-corrected chi connectivity index (χ0v) is 17.0. The molecular weight excluding hydrogens is 372 g/mol. The third kappa shape index (κ3) is 3.78. The molecule has 3 aliphatic rings. The average molecular weight is 398 g/mol. The van der Waals surface area contributed by atoms with Gasteiger partial charge in [-0.1, -0.05) is 0 Å². The normalized spacial score (nSPS) is 28.0. The molecule has 3 rings (SSSR count). The molecular formula is C17H26N4O5S. The molecule has 3 atom stereocenters. The Labute approximate surface area is 162 Å². The first kappa shape index (κ1) is 20.0. The van der Waals surface area contributed by atoms with Crippen LogP contribution in [-0.2, 0) is 19.1 Å². The summed E-state index contributed by atoms with van der Waals surface area (Å²) in [4.78, 5) is 32.7. The summed E-state index contributed by atoms with van der Waals surface area (Å²) in [5.74, 6) is 0.367. The number of nitrogens with one attached hydrogen (secondary N) is 1. The van der Waals surface area contributed by atoms with Crippen molar-refractivity contribution in [3.05, 3.63) is 11.3 Å². The summed E-state index contributed by atoms with van der Waals surface area (Å²) < 4.78 is 10.6. The van der Waals surface area contributed by atoms with E-state index < -0.39 is 23.8 Å². The zero-order chi connectivity index (χ0) is 19.9. The molecule has 0 saturated carbocycles. The molecule has 0 bridgehead atoms. The summed E-state index contributed by atoms with van der Waals surface area (Å²) in [5, 5.41) is 12.8. The van der Waals surface area contributed by atoms with Crippen LogP contribution in [-0.4, -0.2) is 82.1 Å². The van der Waals surface area contributed by atoms with Crippen LogP contribution in [0.2, 0.25) is 0 Å². The summed E-state index contributed by atoms with van der Waals surface area (Å²) >= 11 is 1.58. The number of hydrogen-bond donors (Lipinski definition) is 2. The van der Waals surface area contributed by atoms with Gasteiger partial charge in [0.25, 0.3) is 5.91 Å². The van der Waals surface area contributed by atoms with Crippen molar-refractivity contribution in [3.8, 4) is 0 Å². The minimum atomic E-state index is -0.780. The Morgan fingerprint density at radius 2 is 2.15 bits per heavy atom. The highest BCUT2D eigenvalue weighted by molar-refractivity contribution is 8.00. The second kappa shape index (κ2) is 7.33. The number of aliphatic imine (C=N–C) groups is 1. The highest BCUT2D eigenvalue weighted by Gasteiger charge is 2.54. The summed E-state index contributed by atoms with van der Waals surface area (Å²) in [6.07, 6.45) is -0.780. The van der Waals surface area contributed by atoms with Gasteiger partial charge < -0.3 is 19.9 Å². The Kier molecular flexibility index (Phi) is 5.42. The molecule has 2 N–H and O–H groups in total. The Morgan fingerprint density at radius 3 is 2.78 bits per heavy atom. The van der Waals surface area contributed by atoms with E-state index in [9.17, 15) is 14.7 Å². The molecule has 9 nitrogen and oxygen atoms in total. The zero-order valence-electron chi connectivity index (χ0n) is 16.2. The van der Waals surface area contributed by atoms with Crippen molar-refractivity contribution < 1.29 is 24.2 Å². The number of hydrogen-bond acceptors (Lipinski definition) is 9. The van der Waals surface area contributed by atoms with Gasteiger partial charge in [0.05, 0.1) is 6.54 Å². The Balaban J connectivity index is 1.73. The van der Waals surface area contributed by atoms with Crippen LogP contribution >= 0.6 is 11.8 Å². The van der Waals surface area contributed by atoms with Crippen molar-refractivity contribution in [1.82, 2.24) is 15.1 Å². The second-order valence-electron chi connectivity index (χ2n) is 7.70. The highest BCUT2D eigenvalue weighted by Crippen LogP contribution is 2.41. The number of carbonyl (C=O) groups excluding carboxylic acids is 2. The van der Waals surface area contributed by atoms with Gasteiger partial charge in [0, 0.05) is 12.9 Å². The van der Waals surface area contributed by atoms with Crippen LogP contribution in [0, 0.1) is 0 Å². The number of methoxy groups -OCH3 is 1. The van der Waals surface area contributed by atoms with Gasteiger partial charge in [-0.3, -0.25) is 14.6 Å². The lowest BCUT2D eigenvalue weighted by Gasteiger charge is -2.50. The van der Waals surface area contributed by atoms with Crippen LogP contribution in [0.4, 0.5) is 0 Å². The molecule has 10 heteroatoms. The van der Waals surface area contributed by atoms with Crippen LogP contribution in [0.5, 0.6) is 0 Å². The molecule has 0 aromatic rings. The molecule has 0 aliphatic carbocycles. The fourth-order valence-corrected chi connectivity index (χ4v) is 4.43. The number of aliphatic hydroxyl groups is 1. The maximum atomic E-state index is 12.8. The highest BCUT2D eigenvalue weighted by atomic mass is 32.2. The third-order valence-corrected chi connectivity index (χ3v) is 5.76. The topological polar surface area (TPSA) is 104 Å². The molecule has 1 fully saturated rings. The van der Waals surface area contributed by atoms with E-state index in [1.807, 2.05) is 6.92 Å². The minimum Gasteiger partial charge on any atom is -0.455 e. The van der Waals surface area contributed by atoms with Gasteiger partial charge in [0.1, 0.15) is 29.4 Å². The van der Waals surface area contributed by atoms with Gasteiger partial charge in [-0.25, -0.2) is 9.79 Å². The van der Waals surface area contributed by atoms with Gasteiger partial charge in [-0.15, -0.1) is 11.8 Å². The Bertz CT molecular complexity index is 702. The van der Waals surface area contributed by atoms with Crippen LogP contribution in [0.3, 0.4) is 0 Å². The number of ether oxygens (including phenoxy) is 2. The number of guanidine groups is 1. The van der Waals surface area contributed by atoms with Gasteiger partial charge in [0.15, 0.2) is 12.2 Å². The molecule has 2 unspecified atom stereocenters. The quantitative estimate of drug-likeness (QED) is 0.507. The number of thioether (sulfide) groups is 1. The number of aliphatic hydroxyl groups excluding tert-OH is 1. The van der Waals surface area contributed by atoms with E-state index in [2.05, 4.69) is 10.3 Å². The van der Waals surface area contributed by atoms with Gasteiger partial charge in [-0.05, 0) is 33.3 Å². The fraction of sp³-hybridized carbons (Fsp3) is 0.706. The minimum absolute atomic E-state index is 0.164. The van der Waals surface area contributed by atoms with Crippen LogP contribution in [0.1, 0.15) is 27.7 Å². The van der Waals surface area contributed by atoms with Crippen molar-refractivity contribution >= 4 is 29.6 Å². The van der Waals surface area contributed by atoms with Gasteiger partial charge in [0.2, 0.25) is 0 Å². The smallest absolute Gasteiger partial charge is 0.355 e.